The lowest BCUT2D eigenvalue weighted by Crippen LogP contribution is -2.27. The van der Waals surface area contributed by atoms with Gasteiger partial charge in [0, 0.05) is 11.4 Å². The molecule has 1 aromatic rings. The van der Waals surface area contributed by atoms with E-state index in [9.17, 15) is 4.79 Å². The normalized spacial score (nSPS) is 18.6. The molecule has 134 valence electrons. The van der Waals surface area contributed by atoms with Crippen LogP contribution < -0.4 is 10.1 Å². The summed E-state index contributed by atoms with van der Waals surface area (Å²) in [5, 5.41) is 2.95. The number of amides is 1. The van der Waals surface area contributed by atoms with Crippen LogP contribution in [0, 0.1) is 5.92 Å². The smallest absolute Gasteiger partial charge is 0.253 e. The largest absolute Gasteiger partial charge is 0.492 e. The second-order valence-electron chi connectivity index (χ2n) is 6.69. The molecule has 0 aliphatic carbocycles. The molecule has 1 N–H and O–H groups in total. The Balaban J connectivity index is 2.06. The molecule has 0 spiro atoms. The number of alkyl halides is 1. The highest BCUT2D eigenvalue weighted by molar-refractivity contribution is 9.09. The van der Waals surface area contributed by atoms with Crippen molar-refractivity contribution in [2.75, 3.05) is 18.5 Å². The summed E-state index contributed by atoms with van der Waals surface area (Å²) in [7, 11) is 0. The maximum absolute atomic E-state index is 12.3. The van der Waals surface area contributed by atoms with Crippen LogP contribution in [0.25, 0.3) is 0 Å². The van der Waals surface area contributed by atoms with Crippen LogP contribution in [-0.4, -0.2) is 30.1 Å². The van der Waals surface area contributed by atoms with Crippen LogP contribution in [0.5, 0.6) is 5.75 Å². The summed E-state index contributed by atoms with van der Waals surface area (Å²) in [5.74, 6) is 1.30. The highest BCUT2D eigenvalue weighted by Gasteiger charge is 2.24. The van der Waals surface area contributed by atoms with Crippen LogP contribution in [0.15, 0.2) is 18.2 Å². The van der Waals surface area contributed by atoms with E-state index in [-0.39, 0.29) is 12.0 Å². The molecule has 5 heteroatoms. The monoisotopic (exact) mass is 397 g/mol. The lowest BCUT2D eigenvalue weighted by molar-refractivity contribution is -0.124. The van der Waals surface area contributed by atoms with Gasteiger partial charge in [0.15, 0.2) is 0 Å². The lowest BCUT2D eigenvalue weighted by atomic mass is 10.0. The molecule has 1 amide bonds. The van der Waals surface area contributed by atoms with E-state index in [1.54, 1.807) is 0 Å². The Morgan fingerprint density at radius 2 is 2.25 bits per heavy atom. The third-order valence-electron chi connectivity index (χ3n) is 4.01. The van der Waals surface area contributed by atoms with E-state index in [1.165, 1.54) is 5.56 Å². The first-order chi connectivity index (χ1) is 11.5. The van der Waals surface area contributed by atoms with E-state index < -0.39 is 0 Å². The quantitative estimate of drug-likeness (QED) is 0.654. The molecule has 24 heavy (non-hydrogen) atoms. The molecule has 1 aliphatic heterocycles. The molecule has 1 aromatic carbocycles. The summed E-state index contributed by atoms with van der Waals surface area (Å²) in [5.41, 5.74) is 1.92. The Hall–Kier alpha value is -1.07. The van der Waals surface area contributed by atoms with Crippen molar-refractivity contribution in [3.05, 3.63) is 23.8 Å². The van der Waals surface area contributed by atoms with Gasteiger partial charge in [-0.2, -0.15) is 0 Å². The standard InChI is InChI=1S/C19H28BrNO3/c1-4-23-18-12-14(11-15(20)10-13(2)3)7-8-16(18)21-19(22)17-6-5-9-24-17/h7-8,12-13,15,17H,4-6,9-11H2,1-3H3,(H,21,22). The van der Waals surface area contributed by atoms with Gasteiger partial charge in [-0.3, -0.25) is 4.79 Å². The molecule has 0 bridgehead atoms. The molecule has 0 aromatic heterocycles. The average Bonchev–Trinajstić information content (AvgIpc) is 3.03. The minimum atomic E-state index is -0.336. The summed E-state index contributed by atoms with van der Waals surface area (Å²) in [4.78, 5) is 12.7. The Morgan fingerprint density at radius 1 is 1.46 bits per heavy atom. The molecule has 2 atom stereocenters. The van der Waals surface area contributed by atoms with Crippen LogP contribution in [0.4, 0.5) is 5.69 Å². The first-order valence-electron chi connectivity index (χ1n) is 8.81. The van der Waals surface area contributed by atoms with Crippen molar-refractivity contribution in [1.82, 2.24) is 0 Å². The van der Waals surface area contributed by atoms with Gasteiger partial charge >= 0.3 is 0 Å². The zero-order valence-corrected chi connectivity index (χ0v) is 16.4. The zero-order valence-electron chi connectivity index (χ0n) is 14.8. The predicted molar refractivity (Wildman–Crippen MR) is 101 cm³/mol. The Kier molecular flexibility index (Phi) is 7.56. The molecule has 4 nitrogen and oxygen atoms in total. The number of carbonyl (C=O) groups is 1. The summed E-state index contributed by atoms with van der Waals surface area (Å²) in [6, 6.07) is 6.02. The summed E-state index contributed by atoms with van der Waals surface area (Å²) in [6.07, 6.45) is 3.46. The van der Waals surface area contributed by atoms with E-state index in [2.05, 4.69) is 41.2 Å². The fourth-order valence-electron chi connectivity index (χ4n) is 2.92. The van der Waals surface area contributed by atoms with Crippen LogP contribution >= 0.6 is 15.9 Å². The topological polar surface area (TPSA) is 47.6 Å². The number of halogens is 1. The molecule has 1 aliphatic rings. The minimum absolute atomic E-state index is 0.0839. The van der Waals surface area contributed by atoms with Gasteiger partial charge in [-0.15, -0.1) is 0 Å². The van der Waals surface area contributed by atoms with E-state index in [1.807, 2.05) is 19.1 Å². The maximum Gasteiger partial charge on any atom is 0.253 e. The highest BCUT2D eigenvalue weighted by atomic mass is 79.9. The first kappa shape index (κ1) is 19.3. The predicted octanol–water partition coefficient (Wildman–Crippen LogP) is 4.55. The number of nitrogens with one attached hydrogen (secondary N) is 1. The van der Waals surface area contributed by atoms with Crippen molar-refractivity contribution in [1.29, 1.82) is 0 Å². The molecule has 2 rings (SSSR count). The SMILES string of the molecule is CCOc1cc(CC(Br)CC(C)C)ccc1NC(=O)C1CCCO1. The number of hydrogen-bond donors (Lipinski definition) is 1. The number of anilines is 1. The van der Waals surface area contributed by atoms with Gasteiger partial charge in [0.2, 0.25) is 0 Å². The van der Waals surface area contributed by atoms with Gasteiger partial charge in [-0.05, 0) is 56.2 Å². The number of carbonyl (C=O) groups excluding carboxylic acids is 1. The summed E-state index contributed by atoms with van der Waals surface area (Å²) in [6.45, 7) is 7.63. The van der Waals surface area contributed by atoms with Crippen LogP contribution in [0.2, 0.25) is 0 Å². The lowest BCUT2D eigenvalue weighted by Gasteiger charge is -2.17. The van der Waals surface area contributed by atoms with Crippen LogP contribution in [-0.2, 0) is 16.0 Å². The summed E-state index contributed by atoms with van der Waals surface area (Å²) >= 11 is 3.76. The van der Waals surface area contributed by atoms with Crippen molar-refractivity contribution >= 4 is 27.5 Å². The van der Waals surface area contributed by atoms with Gasteiger partial charge in [-0.25, -0.2) is 0 Å². The Bertz CT molecular complexity index is 541. The van der Waals surface area contributed by atoms with Crippen LogP contribution in [0.1, 0.15) is 45.6 Å². The van der Waals surface area contributed by atoms with Crippen molar-refractivity contribution in [2.45, 2.75) is 57.4 Å². The Labute approximate surface area is 153 Å². The fraction of sp³-hybridized carbons (Fsp3) is 0.632. The van der Waals surface area contributed by atoms with E-state index >= 15 is 0 Å². The second kappa shape index (κ2) is 9.42. The van der Waals surface area contributed by atoms with Gasteiger partial charge < -0.3 is 14.8 Å². The molecule has 1 heterocycles. The van der Waals surface area contributed by atoms with Gasteiger partial charge in [0.25, 0.3) is 5.91 Å². The third-order valence-corrected chi connectivity index (χ3v) is 4.71. The molecular weight excluding hydrogens is 370 g/mol. The molecular formula is C19H28BrNO3. The highest BCUT2D eigenvalue weighted by Crippen LogP contribution is 2.29. The third kappa shape index (κ3) is 5.78. The van der Waals surface area contributed by atoms with Crippen molar-refractivity contribution in [2.24, 2.45) is 5.92 Å². The van der Waals surface area contributed by atoms with Gasteiger partial charge in [-0.1, -0.05) is 35.8 Å². The number of hydrogen-bond acceptors (Lipinski definition) is 3. The molecule has 0 saturated carbocycles. The van der Waals surface area contributed by atoms with Gasteiger partial charge in [0.1, 0.15) is 11.9 Å². The summed E-state index contributed by atoms with van der Waals surface area (Å²) < 4.78 is 11.2. The Morgan fingerprint density at radius 3 is 2.88 bits per heavy atom. The zero-order chi connectivity index (χ0) is 17.5. The maximum atomic E-state index is 12.3. The van der Waals surface area contributed by atoms with Gasteiger partial charge in [0.05, 0.1) is 12.3 Å². The van der Waals surface area contributed by atoms with E-state index in [0.717, 1.165) is 37.1 Å². The molecule has 0 radical (unpaired) electrons. The first-order valence-corrected chi connectivity index (χ1v) is 9.73. The number of ether oxygens (including phenoxy) is 2. The molecule has 1 saturated heterocycles. The molecule has 2 unspecified atom stereocenters. The fourth-order valence-corrected chi connectivity index (χ4v) is 4.04. The average molecular weight is 398 g/mol. The van der Waals surface area contributed by atoms with E-state index in [4.69, 9.17) is 9.47 Å². The number of rotatable bonds is 8. The van der Waals surface area contributed by atoms with Crippen LogP contribution in [0.3, 0.4) is 0 Å². The second-order valence-corrected chi connectivity index (χ2v) is 7.98. The van der Waals surface area contributed by atoms with Crippen molar-refractivity contribution < 1.29 is 14.3 Å². The number of benzene rings is 1. The molecule has 1 fully saturated rings. The minimum Gasteiger partial charge on any atom is -0.492 e. The van der Waals surface area contributed by atoms with Crippen molar-refractivity contribution in [3.8, 4) is 5.75 Å². The van der Waals surface area contributed by atoms with E-state index in [0.29, 0.717) is 24.0 Å². The van der Waals surface area contributed by atoms with Crippen molar-refractivity contribution in [3.63, 3.8) is 0 Å².